The van der Waals surface area contributed by atoms with Crippen molar-refractivity contribution >= 4 is 0 Å². The molecule has 5 heteroatoms. The summed E-state index contributed by atoms with van der Waals surface area (Å²) in [5, 5.41) is 42.1. The molecule has 5 nitrogen and oxygen atoms in total. The van der Waals surface area contributed by atoms with Gasteiger partial charge in [-0.3, -0.25) is 0 Å². The molecule has 144 valence electrons. The Morgan fingerprint density at radius 1 is 0.958 bits per heavy atom. The van der Waals surface area contributed by atoms with E-state index in [9.17, 15) is 20.4 Å². The first-order valence-electron chi connectivity index (χ1n) is 9.99. The van der Waals surface area contributed by atoms with Crippen molar-refractivity contribution in [1.29, 1.82) is 0 Å². The Labute approximate surface area is 147 Å². The molecule has 0 spiro atoms. The second-order valence-electron chi connectivity index (χ2n) is 7.45. The number of nitrogens with one attached hydrogen (secondary N) is 1. The fraction of sp³-hybridized carbons (Fsp3) is 1.00. The molecule has 0 bridgehead atoms. The highest BCUT2D eigenvalue weighted by Crippen LogP contribution is 2.20. The minimum absolute atomic E-state index is 0.0471. The molecule has 1 unspecified atom stereocenters. The molecule has 0 aliphatic carbocycles. The Balaban J connectivity index is 2.04. The third kappa shape index (κ3) is 8.77. The highest BCUT2D eigenvalue weighted by Gasteiger charge is 2.35. The van der Waals surface area contributed by atoms with Gasteiger partial charge in [-0.1, -0.05) is 64.7 Å². The van der Waals surface area contributed by atoms with Gasteiger partial charge in [0.05, 0.1) is 31.0 Å². The van der Waals surface area contributed by atoms with Crippen molar-refractivity contribution in [3.63, 3.8) is 0 Å². The average molecular weight is 346 g/mol. The summed E-state index contributed by atoms with van der Waals surface area (Å²) in [7, 11) is 0. The summed E-state index contributed by atoms with van der Waals surface area (Å²) in [6.45, 7) is 2.03. The fourth-order valence-corrected chi connectivity index (χ4v) is 3.63. The van der Waals surface area contributed by atoms with Crippen LogP contribution in [0, 0.1) is 0 Å². The predicted octanol–water partition coefficient (Wildman–Crippen LogP) is 2.10. The summed E-state index contributed by atoms with van der Waals surface area (Å²) < 4.78 is 0. The van der Waals surface area contributed by atoms with Gasteiger partial charge in [0.1, 0.15) is 0 Å². The lowest BCUT2D eigenvalue weighted by molar-refractivity contribution is -0.0559. The van der Waals surface area contributed by atoms with Crippen LogP contribution in [0.25, 0.3) is 0 Å². The Bertz CT molecular complexity index is 303. The summed E-state index contributed by atoms with van der Waals surface area (Å²) in [5.74, 6) is 0. The lowest BCUT2D eigenvalue weighted by Gasteiger charge is -2.38. The zero-order chi connectivity index (χ0) is 17.8. The van der Waals surface area contributed by atoms with Crippen LogP contribution >= 0.6 is 0 Å². The number of hydrogen-bond donors (Lipinski definition) is 5. The van der Waals surface area contributed by atoms with Crippen LogP contribution in [0.2, 0.25) is 0 Å². The lowest BCUT2D eigenvalue weighted by Crippen LogP contribution is -2.59. The van der Waals surface area contributed by atoms with Crippen LogP contribution in [0.3, 0.4) is 0 Å². The van der Waals surface area contributed by atoms with Crippen molar-refractivity contribution in [3.05, 3.63) is 0 Å². The van der Waals surface area contributed by atoms with Crippen molar-refractivity contribution in [2.24, 2.45) is 0 Å². The van der Waals surface area contributed by atoms with Crippen LogP contribution in [0.1, 0.15) is 84.0 Å². The Kier molecular flexibility index (Phi) is 11.9. The van der Waals surface area contributed by atoms with E-state index in [-0.39, 0.29) is 18.8 Å². The normalized spacial score (nSPS) is 28.9. The highest BCUT2D eigenvalue weighted by atomic mass is 16.3. The molecule has 0 saturated carbocycles. The first-order chi connectivity index (χ1) is 11.6. The van der Waals surface area contributed by atoms with Crippen LogP contribution < -0.4 is 5.32 Å². The quantitative estimate of drug-likeness (QED) is 0.330. The van der Waals surface area contributed by atoms with Gasteiger partial charge in [0.15, 0.2) is 0 Å². The van der Waals surface area contributed by atoms with Gasteiger partial charge < -0.3 is 25.7 Å². The molecule has 24 heavy (non-hydrogen) atoms. The lowest BCUT2D eigenvalue weighted by atomic mass is 9.89. The third-order valence-electron chi connectivity index (χ3n) is 5.18. The van der Waals surface area contributed by atoms with E-state index in [1.54, 1.807) is 0 Å². The number of rotatable bonds is 13. The van der Waals surface area contributed by atoms with Crippen molar-refractivity contribution in [2.75, 3.05) is 6.61 Å². The molecule has 0 amide bonds. The summed E-state index contributed by atoms with van der Waals surface area (Å²) in [5.41, 5.74) is 0. The summed E-state index contributed by atoms with van der Waals surface area (Å²) in [6.07, 6.45) is 11.1. The fourth-order valence-electron chi connectivity index (χ4n) is 3.63. The molecule has 0 aromatic carbocycles. The van der Waals surface area contributed by atoms with Gasteiger partial charge in [0.25, 0.3) is 0 Å². The van der Waals surface area contributed by atoms with Crippen LogP contribution in [-0.2, 0) is 0 Å². The molecule has 1 aliphatic heterocycles. The van der Waals surface area contributed by atoms with E-state index in [0.717, 1.165) is 12.8 Å². The highest BCUT2D eigenvalue weighted by molar-refractivity contribution is 4.92. The largest absolute Gasteiger partial charge is 0.395 e. The van der Waals surface area contributed by atoms with Gasteiger partial charge in [0.2, 0.25) is 0 Å². The second kappa shape index (κ2) is 13.1. The summed E-state index contributed by atoms with van der Waals surface area (Å²) >= 11 is 0. The number of aliphatic hydroxyl groups is 4. The van der Waals surface area contributed by atoms with Crippen LogP contribution in [0.4, 0.5) is 0 Å². The van der Waals surface area contributed by atoms with E-state index in [4.69, 9.17) is 0 Å². The second-order valence-corrected chi connectivity index (χ2v) is 7.45. The summed E-state index contributed by atoms with van der Waals surface area (Å²) in [4.78, 5) is 0. The number of aliphatic hydroxyl groups excluding tert-OH is 4. The number of hydrogen-bond acceptors (Lipinski definition) is 5. The van der Waals surface area contributed by atoms with Crippen LogP contribution in [0.15, 0.2) is 0 Å². The molecule has 0 radical (unpaired) electrons. The molecule has 0 aromatic heterocycles. The van der Waals surface area contributed by atoms with Crippen molar-refractivity contribution in [1.82, 2.24) is 5.32 Å². The van der Waals surface area contributed by atoms with Crippen molar-refractivity contribution < 1.29 is 20.4 Å². The zero-order valence-corrected chi connectivity index (χ0v) is 15.4. The first-order valence-corrected chi connectivity index (χ1v) is 9.99. The molecule has 1 fully saturated rings. The molecule has 5 atom stereocenters. The molecular weight excluding hydrogens is 306 g/mol. The third-order valence-corrected chi connectivity index (χ3v) is 5.18. The van der Waals surface area contributed by atoms with Gasteiger partial charge in [-0.05, 0) is 19.3 Å². The molecule has 0 aromatic rings. The van der Waals surface area contributed by atoms with Crippen LogP contribution in [0.5, 0.6) is 0 Å². The van der Waals surface area contributed by atoms with Gasteiger partial charge in [0, 0.05) is 6.04 Å². The topological polar surface area (TPSA) is 93.0 Å². The molecule has 1 rings (SSSR count). The Morgan fingerprint density at radius 2 is 1.54 bits per heavy atom. The van der Waals surface area contributed by atoms with Crippen LogP contribution in [-0.4, -0.2) is 57.4 Å². The van der Waals surface area contributed by atoms with Gasteiger partial charge >= 0.3 is 0 Å². The van der Waals surface area contributed by atoms with Gasteiger partial charge in [-0.2, -0.15) is 0 Å². The summed E-state index contributed by atoms with van der Waals surface area (Å²) in [6, 6.07) is -0.548. The zero-order valence-electron chi connectivity index (χ0n) is 15.4. The maximum atomic E-state index is 10.2. The molecule has 5 N–H and O–H groups in total. The maximum Gasteiger partial charge on any atom is 0.0974 e. The molecule has 1 saturated heterocycles. The monoisotopic (exact) mass is 345 g/mol. The van der Waals surface area contributed by atoms with E-state index in [1.807, 2.05) is 0 Å². The predicted molar refractivity (Wildman–Crippen MR) is 96.9 cm³/mol. The Hall–Kier alpha value is -0.200. The number of unbranched alkanes of at least 4 members (excludes halogenated alkanes) is 8. The van der Waals surface area contributed by atoms with E-state index in [0.29, 0.717) is 12.8 Å². The minimum atomic E-state index is -0.930. The minimum Gasteiger partial charge on any atom is -0.395 e. The molecule has 1 aliphatic rings. The van der Waals surface area contributed by atoms with E-state index >= 15 is 0 Å². The van der Waals surface area contributed by atoms with Crippen molar-refractivity contribution in [2.45, 2.75) is 114 Å². The van der Waals surface area contributed by atoms with Gasteiger partial charge in [-0.25, -0.2) is 0 Å². The maximum absolute atomic E-state index is 10.2. The molecule has 1 heterocycles. The average Bonchev–Trinajstić information content (AvgIpc) is 2.56. The number of piperidine rings is 1. The van der Waals surface area contributed by atoms with E-state index in [2.05, 4.69) is 12.2 Å². The standard InChI is InChI=1S/C19H39NO4/c1-2-3-4-5-6-7-8-9-10-11-16(22)12-15-13-18(23)19(24)17(14-21)20-15/h15-24H,2-14H2,1H3/t15-,16?,17+,18-,19-/m1/s1. The molecular formula is C19H39NO4. The van der Waals surface area contributed by atoms with Crippen molar-refractivity contribution in [3.8, 4) is 0 Å². The smallest absolute Gasteiger partial charge is 0.0974 e. The van der Waals surface area contributed by atoms with Gasteiger partial charge in [-0.15, -0.1) is 0 Å². The SMILES string of the molecule is CCCCCCCCCCCC(O)C[C@@H]1C[C@@H](O)[C@H](O)[C@H](CO)N1. The van der Waals surface area contributed by atoms with E-state index in [1.165, 1.54) is 51.4 Å². The van der Waals surface area contributed by atoms with E-state index < -0.39 is 18.2 Å². The Morgan fingerprint density at radius 3 is 2.12 bits per heavy atom. The first kappa shape index (κ1) is 21.8.